The minimum absolute atomic E-state index is 0.0706. The van der Waals surface area contributed by atoms with Gasteiger partial charge in [0.25, 0.3) is 0 Å². The third kappa shape index (κ3) is 4.20. The predicted octanol–water partition coefficient (Wildman–Crippen LogP) is 2.91. The number of para-hydroxylation sites is 1. The van der Waals surface area contributed by atoms with Crippen molar-refractivity contribution in [3.05, 3.63) is 24.3 Å². The Morgan fingerprint density at radius 1 is 1.14 bits per heavy atom. The van der Waals surface area contributed by atoms with E-state index in [-0.39, 0.29) is 16.2 Å². The third-order valence-electron chi connectivity index (χ3n) is 4.18. The van der Waals surface area contributed by atoms with Crippen molar-refractivity contribution in [3.8, 4) is 5.75 Å². The number of rotatable bonds is 5. The fourth-order valence-corrected chi connectivity index (χ4v) is 3.81. The fraction of sp³-hybridized carbons (Fsp3) is 0.625. The predicted molar refractivity (Wildman–Crippen MR) is 84.3 cm³/mol. The van der Waals surface area contributed by atoms with Crippen LogP contribution in [-0.4, -0.2) is 26.3 Å². The van der Waals surface area contributed by atoms with Crippen molar-refractivity contribution in [2.45, 2.75) is 55.9 Å². The highest BCUT2D eigenvalue weighted by atomic mass is 32.2. The first-order valence-corrected chi connectivity index (χ1v) is 9.35. The molecule has 1 aromatic carbocycles. The second-order valence-electron chi connectivity index (χ2n) is 5.92. The number of ether oxygens (including phenoxy) is 1. The van der Waals surface area contributed by atoms with Gasteiger partial charge in [-0.15, -0.1) is 0 Å². The maximum Gasteiger partial charge on any atom is 0.181 e. The van der Waals surface area contributed by atoms with Gasteiger partial charge in [0, 0.05) is 0 Å². The summed E-state index contributed by atoms with van der Waals surface area (Å²) in [5.74, 6) is 0.495. The molecule has 0 bridgehead atoms. The molecule has 1 saturated carbocycles. The van der Waals surface area contributed by atoms with Crippen LogP contribution in [0.3, 0.4) is 0 Å². The quantitative estimate of drug-likeness (QED) is 0.849. The number of hydrogen-bond donors (Lipinski definition) is 1. The van der Waals surface area contributed by atoms with Crippen LogP contribution in [0, 0.1) is 0 Å². The summed E-state index contributed by atoms with van der Waals surface area (Å²) in [6, 6.07) is 6.83. The molecule has 2 rings (SSSR count). The van der Waals surface area contributed by atoms with Gasteiger partial charge in [0.05, 0.1) is 11.3 Å². The lowest BCUT2D eigenvalue weighted by atomic mass is 9.92. The van der Waals surface area contributed by atoms with E-state index in [4.69, 9.17) is 10.5 Å². The van der Waals surface area contributed by atoms with Gasteiger partial charge in [-0.25, -0.2) is 8.42 Å². The van der Waals surface area contributed by atoms with Crippen molar-refractivity contribution in [2.24, 2.45) is 5.73 Å². The summed E-state index contributed by atoms with van der Waals surface area (Å²) >= 11 is 0. The number of benzene rings is 1. The molecular formula is C16H25NO3S. The monoisotopic (exact) mass is 311 g/mol. The average Bonchev–Trinajstić information content (AvgIpc) is 2.71. The Morgan fingerprint density at radius 3 is 2.38 bits per heavy atom. The van der Waals surface area contributed by atoms with Crippen LogP contribution in [0.4, 0.5) is 0 Å². The van der Waals surface area contributed by atoms with Crippen molar-refractivity contribution in [2.75, 3.05) is 12.4 Å². The summed E-state index contributed by atoms with van der Waals surface area (Å²) in [6.45, 7) is 2.02. The van der Waals surface area contributed by atoms with E-state index in [1.807, 2.05) is 0 Å². The SMILES string of the molecule is CCS(=O)(=O)c1ccccc1OCC1(N)CCCCCC1. The number of nitrogens with two attached hydrogens (primary N) is 1. The van der Waals surface area contributed by atoms with E-state index < -0.39 is 9.84 Å². The molecule has 4 nitrogen and oxygen atoms in total. The highest BCUT2D eigenvalue weighted by Crippen LogP contribution is 2.29. The third-order valence-corrected chi connectivity index (χ3v) is 5.95. The smallest absolute Gasteiger partial charge is 0.181 e. The van der Waals surface area contributed by atoms with Gasteiger partial charge in [-0.05, 0) is 25.0 Å². The van der Waals surface area contributed by atoms with Crippen LogP contribution in [0.5, 0.6) is 5.75 Å². The lowest BCUT2D eigenvalue weighted by Crippen LogP contribution is -2.45. The van der Waals surface area contributed by atoms with E-state index >= 15 is 0 Å². The molecule has 0 unspecified atom stereocenters. The van der Waals surface area contributed by atoms with E-state index in [2.05, 4.69) is 0 Å². The molecule has 0 aliphatic heterocycles. The minimum atomic E-state index is -3.27. The van der Waals surface area contributed by atoms with Crippen molar-refractivity contribution < 1.29 is 13.2 Å². The van der Waals surface area contributed by atoms with Crippen LogP contribution in [0.15, 0.2) is 29.2 Å². The molecule has 0 saturated heterocycles. The molecule has 1 aliphatic carbocycles. The highest BCUT2D eigenvalue weighted by molar-refractivity contribution is 7.91. The zero-order valence-corrected chi connectivity index (χ0v) is 13.5. The van der Waals surface area contributed by atoms with E-state index in [1.54, 1.807) is 31.2 Å². The first-order chi connectivity index (χ1) is 9.97. The minimum Gasteiger partial charge on any atom is -0.490 e. The maximum absolute atomic E-state index is 12.1. The summed E-state index contributed by atoms with van der Waals surface area (Å²) in [7, 11) is -3.27. The van der Waals surface area contributed by atoms with Gasteiger partial charge in [0.1, 0.15) is 17.3 Å². The number of hydrogen-bond acceptors (Lipinski definition) is 4. The maximum atomic E-state index is 12.1. The van der Waals surface area contributed by atoms with E-state index in [9.17, 15) is 8.42 Å². The van der Waals surface area contributed by atoms with E-state index in [0.717, 1.165) is 25.7 Å². The zero-order chi connectivity index (χ0) is 15.3. The van der Waals surface area contributed by atoms with Gasteiger partial charge in [-0.2, -0.15) is 0 Å². The Morgan fingerprint density at radius 2 is 1.76 bits per heavy atom. The van der Waals surface area contributed by atoms with Gasteiger partial charge in [-0.3, -0.25) is 0 Å². The van der Waals surface area contributed by atoms with Gasteiger partial charge in [-0.1, -0.05) is 44.7 Å². The van der Waals surface area contributed by atoms with Crippen molar-refractivity contribution >= 4 is 9.84 Å². The Kier molecular flexibility index (Phi) is 5.27. The fourth-order valence-electron chi connectivity index (χ4n) is 2.78. The summed E-state index contributed by atoms with van der Waals surface area (Å²) in [5.41, 5.74) is 6.09. The second-order valence-corrected chi connectivity index (χ2v) is 8.16. The lowest BCUT2D eigenvalue weighted by Gasteiger charge is -2.28. The van der Waals surface area contributed by atoms with Crippen LogP contribution in [0.25, 0.3) is 0 Å². The standard InChI is InChI=1S/C16H25NO3S/c1-2-21(18,19)15-10-6-5-9-14(15)20-13-16(17)11-7-3-4-8-12-16/h5-6,9-10H,2-4,7-8,11-13,17H2,1H3. The van der Waals surface area contributed by atoms with Crippen molar-refractivity contribution in [1.29, 1.82) is 0 Å². The Hall–Kier alpha value is -1.07. The summed E-state index contributed by atoms with van der Waals surface area (Å²) < 4.78 is 30.0. The molecule has 0 aromatic heterocycles. The summed E-state index contributed by atoms with van der Waals surface area (Å²) in [6.07, 6.45) is 6.56. The summed E-state index contributed by atoms with van der Waals surface area (Å²) in [4.78, 5) is 0.268. The highest BCUT2D eigenvalue weighted by Gasteiger charge is 2.28. The lowest BCUT2D eigenvalue weighted by molar-refractivity contribution is 0.195. The molecule has 118 valence electrons. The molecule has 0 radical (unpaired) electrons. The molecule has 1 aromatic rings. The molecule has 0 heterocycles. The molecule has 0 atom stereocenters. The van der Waals surface area contributed by atoms with Crippen LogP contribution < -0.4 is 10.5 Å². The van der Waals surface area contributed by atoms with E-state index in [1.165, 1.54) is 12.8 Å². The molecule has 5 heteroatoms. The molecular weight excluding hydrogens is 286 g/mol. The molecule has 1 aliphatic rings. The first-order valence-electron chi connectivity index (χ1n) is 7.70. The molecule has 0 spiro atoms. The van der Waals surface area contributed by atoms with Crippen LogP contribution in [-0.2, 0) is 9.84 Å². The topological polar surface area (TPSA) is 69.4 Å². The Balaban J connectivity index is 2.13. The van der Waals surface area contributed by atoms with Crippen molar-refractivity contribution in [1.82, 2.24) is 0 Å². The molecule has 1 fully saturated rings. The first kappa shape index (κ1) is 16.3. The van der Waals surface area contributed by atoms with Gasteiger partial charge < -0.3 is 10.5 Å². The largest absolute Gasteiger partial charge is 0.490 e. The zero-order valence-electron chi connectivity index (χ0n) is 12.7. The average molecular weight is 311 g/mol. The van der Waals surface area contributed by atoms with Crippen molar-refractivity contribution in [3.63, 3.8) is 0 Å². The Labute approximate surface area is 127 Å². The van der Waals surface area contributed by atoms with Gasteiger partial charge >= 0.3 is 0 Å². The Bertz CT molecular complexity index is 561. The molecule has 21 heavy (non-hydrogen) atoms. The second kappa shape index (κ2) is 6.79. The molecule has 2 N–H and O–H groups in total. The van der Waals surface area contributed by atoms with E-state index in [0.29, 0.717) is 12.4 Å². The number of sulfone groups is 1. The van der Waals surface area contributed by atoms with Crippen LogP contribution in [0.2, 0.25) is 0 Å². The van der Waals surface area contributed by atoms with Crippen LogP contribution >= 0.6 is 0 Å². The summed E-state index contributed by atoms with van der Waals surface area (Å²) in [5, 5.41) is 0. The van der Waals surface area contributed by atoms with Gasteiger partial charge in [0.15, 0.2) is 9.84 Å². The molecule has 0 amide bonds. The van der Waals surface area contributed by atoms with Crippen LogP contribution in [0.1, 0.15) is 45.4 Å². The normalized spacial score (nSPS) is 19.0. The van der Waals surface area contributed by atoms with Gasteiger partial charge in [0.2, 0.25) is 0 Å².